The van der Waals surface area contributed by atoms with Crippen LogP contribution in [0.5, 0.6) is 0 Å². The third-order valence-corrected chi connectivity index (χ3v) is 9.08. The van der Waals surface area contributed by atoms with Gasteiger partial charge in [0.2, 0.25) is 0 Å². The maximum absolute atomic E-state index is 4.65. The van der Waals surface area contributed by atoms with Crippen molar-refractivity contribution in [2.45, 2.75) is 40.5 Å². The van der Waals surface area contributed by atoms with Gasteiger partial charge in [0, 0.05) is 37.9 Å². The molecular weight excluding hydrogens is 605 g/mol. The normalized spacial score (nSPS) is 13.3. The second-order valence-electron chi connectivity index (χ2n) is 12.1. The SMILES string of the molecule is C=C(/C=c1\c(=C/C)n(-c2ccccc2)c2ccc(C(=C)/C=C\C=C/CC)cc12)c1ccc2c(c1)c1c(n2-c2ccccc2)=CC=CCC=1.CC. The van der Waals surface area contributed by atoms with Gasteiger partial charge in [0.1, 0.15) is 0 Å². The molecule has 0 spiro atoms. The Hall–Kier alpha value is -5.86. The largest absolute Gasteiger partial charge is 0.310 e. The summed E-state index contributed by atoms with van der Waals surface area (Å²) in [7, 11) is 0. The smallest absolute Gasteiger partial charge is 0.0541 e. The number of hydrogen-bond donors (Lipinski definition) is 0. The molecule has 6 aromatic rings. The zero-order chi connectivity index (χ0) is 35.0. The van der Waals surface area contributed by atoms with Crippen molar-refractivity contribution < 1.29 is 0 Å². The quantitative estimate of drug-likeness (QED) is 0.145. The number of benzene rings is 4. The van der Waals surface area contributed by atoms with Crippen LogP contribution in [0.15, 0.2) is 147 Å². The number of hydrogen-bond acceptors (Lipinski definition) is 0. The lowest BCUT2D eigenvalue weighted by Crippen LogP contribution is -2.28. The fourth-order valence-electron chi connectivity index (χ4n) is 6.76. The molecule has 7 rings (SSSR count). The van der Waals surface area contributed by atoms with Gasteiger partial charge in [0.05, 0.1) is 16.4 Å². The second kappa shape index (κ2) is 15.6. The summed E-state index contributed by atoms with van der Waals surface area (Å²) in [6.07, 6.45) is 23.7. The van der Waals surface area contributed by atoms with Gasteiger partial charge in [0.25, 0.3) is 0 Å². The Balaban J connectivity index is 0.00000212. The standard InChI is InChI=1S/C46H40N2.C2H6/c1-5-7-8-12-19-33(3)35-26-28-46-42(31-35)40(43(6-2)47(46)37-20-13-9-14-21-37)30-34(4)36-27-29-45-41(32-36)39-24-17-11-18-25-44(39)48(45)38-22-15-10-16-23-38;1-2/h6-16,18-32H,3-5,17H2,1-2H3;1-2H3/b8-7-,19-12-,40-30-,43-6+;. The summed E-state index contributed by atoms with van der Waals surface area (Å²) in [6, 6.07) is 34.7. The first-order valence-electron chi connectivity index (χ1n) is 17.8. The number of fused-ring (bicyclic) bond motifs is 4. The Kier molecular flexibility index (Phi) is 10.6. The molecule has 0 N–H and O–H groups in total. The van der Waals surface area contributed by atoms with Gasteiger partial charge in [0.15, 0.2) is 0 Å². The predicted molar refractivity (Wildman–Crippen MR) is 220 cm³/mol. The van der Waals surface area contributed by atoms with Crippen molar-refractivity contribution in [1.82, 2.24) is 9.13 Å². The molecule has 1 aliphatic rings. The first-order valence-corrected chi connectivity index (χ1v) is 17.8. The van der Waals surface area contributed by atoms with Gasteiger partial charge in [-0.2, -0.15) is 0 Å². The third kappa shape index (κ3) is 6.58. The van der Waals surface area contributed by atoms with E-state index in [9.17, 15) is 0 Å². The molecule has 2 nitrogen and oxygen atoms in total. The van der Waals surface area contributed by atoms with Gasteiger partial charge < -0.3 is 9.13 Å². The van der Waals surface area contributed by atoms with Gasteiger partial charge >= 0.3 is 0 Å². The number of nitrogens with zero attached hydrogens (tertiary/aromatic N) is 2. The van der Waals surface area contributed by atoms with E-state index in [1.807, 2.05) is 13.8 Å². The summed E-state index contributed by atoms with van der Waals surface area (Å²) in [5.74, 6) is 0. The zero-order valence-corrected chi connectivity index (χ0v) is 29.7. The lowest BCUT2D eigenvalue weighted by Gasteiger charge is -2.07. The zero-order valence-electron chi connectivity index (χ0n) is 29.7. The third-order valence-electron chi connectivity index (χ3n) is 9.08. The van der Waals surface area contributed by atoms with Crippen molar-refractivity contribution in [1.29, 1.82) is 0 Å². The Morgan fingerprint density at radius 1 is 0.740 bits per heavy atom. The molecule has 0 bridgehead atoms. The van der Waals surface area contributed by atoms with Crippen LogP contribution in [0.3, 0.4) is 0 Å². The Morgan fingerprint density at radius 3 is 2.02 bits per heavy atom. The Labute approximate surface area is 296 Å². The molecule has 0 saturated carbocycles. The first kappa shape index (κ1) is 34.0. The number of para-hydroxylation sites is 2. The molecule has 0 fully saturated rings. The average molecular weight is 651 g/mol. The van der Waals surface area contributed by atoms with E-state index >= 15 is 0 Å². The highest BCUT2D eigenvalue weighted by Crippen LogP contribution is 2.24. The Bertz CT molecular complexity index is 2530. The highest BCUT2D eigenvalue weighted by Gasteiger charge is 2.14. The molecule has 0 saturated heterocycles. The van der Waals surface area contributed by atoms with Crippen molar-refractivity contribution >= 4 is 57.3 Å². The summed E-state index contributed by atoms with van der Waals surface area (Å²) in [5.41, 5.74) is 8.79. The van der Waals surface area contributed by atoms with Crippen LogP contribution < -0.4 is 21.1 Å². The summed E-state index contributed by atoms with van der Waals surface area (Å²) in [5, 5.41) is 7.16. The maximum Gasteiger partial charge on any atom is 0.0541 e. The minimum atomic E-state index is 0.904. The average Bonchev–Trinajstić information content (AvgIpc) is 3.52. The van der Waals surface area contributed by atoms with Crippen LogP contribution in [-0.2, 0) is 0 Å². The molecule has 0 radical (unpaired) electrons. The lowest BCUT2D eigenvalue weighted by molar-refractivity contribution is 1.07. The van der Waals surface area contributed by atoms with E-state index in [2.05, 4.69) is 194 Å². The number of rotatable bonds is 8. The van der Waals surface area contributed by atoms with E-state index in [-0.39, 0.29) is 0 Å². The first-order chi connectivity index (χ1) is 24.6. The molecular formula is C48H46N2. The monoisotopic (exact) mass is 650 g/mol. The molecule has 0 unspecified atom stereocenters. The molecule has 0 aliphatic heterocycles. The van der Waals surface area contributed by atoms with Crippen LogP contribution in [0.1, 0.15) is 51.7 Å². The summed E-state index contributed by atoms with van der Waals surface area (Å²) >= 11 is 0. The van der Waals surface area contributed by atoms with Gasteiger partial charge in [-0.05, 0) is 103 Å². The highest BCUT2D eigenvalue weighted by molar-refractivity contribution is 5.97. The number of aromatic nitrogens is 2. The number of allylic oxidation sites excluding steroid dienone is 8. The molecule has 2 heterocycles. The molecule has 2 heteroatoms. The molecule has 50 heavy (non-hydrogen) atoms. The van der Waals surface area contributed by atoms with Crippen LogP contribution in [0.4, 0.5) is 0 Å². The molecule has 4 aromatic carbocycles. The molecule has 2 aromatic heterocycles. The van der Waals surface area contributed by atoms with Crippen molar-refractivity contribution in [2.75, 3.05) is 0 Å². The van der Waals surface area contributed by atoms with Crippen LogP contribution in [0.25, 0.3) is 68.6 Å². The molecule has 1 aliphatic carbocycles. The van der Waals surface area contributed by atoms with Crippen molar-refractivity contribution in [3.63, 3.8) is 0 Å². The van der Waals surface area contributed by atoms with Crippen LogP contribution in [0, 0.1) is 0 Å². The van der Waals surface area contributed by atoms with Crippen LogP contribution >= 0.6 is 0 Å². The van der Waals surface area contributed by atoms with E-state index in [1.165, 1.54) is 26.9 Å². The maximum atomic E-state index is 4.65. The minimum absolute atomic E-state index is 0.904. The van der Waals surface area contributed by atoms with E-state index < -0.39 is 0 Å². The second-order valence-corrected chi connectivity index (χ2v) is 12.1. The van der Waals surface area contributed by atoms with Gasteiger partial charge in [-0.3, -0.25) is 0 Å². The lowest BCUT2D eigenvalue weighted by atomic mass is 10.0. The van der Waals surface area contributed by atoms with Crippen molar-refractivity contribution in [2.24, 2.45) is 0 Å². The van der Waals surface area contributed by atoms with Gasteiger partial charge in [-0.25, -0.2) is 0 Å². The van der Waals surface area contributed by atoms with Crippen LogP contribution in [0.2, 0.25) is 0 Å². The topological polar surface area (TPSA) is 9.86 Å². The fourth-order valence-corrected chi connectivity index (χ4v) is 6.76. The van der Waals surface area contributed by atoms with E-state index in [0.29, 0.717) is 0 Å². The Morgan fingerprint density at radius 2 is 1.36 bits per heavy atom. The van der Waals surface area contributed by atoms with E-state index in [1.54, 1.807) is 0 Å². The van der Waals surface area contributed by atoms with Gasteiger partial charge in [-0.1, -0.05) is 131 Å². The summed E-state index contributed by atoms with van der Waals surface area (Å²) in [4.78, 5) is 0. The fraction of sp³-hybridized carbons (Fsp3) is 0.125. The van der Waals surface area contributed by atoms with E-state index in [4.69, 9.17) is 0 Å². The van der Waals surface area contributed by atoms with Crippen molar-refractivity contribution in [3.8, 4) is 11.4 Å². The highest BCUT2D eigenvalue weighted by atomic mass is 15.0. The summed E-state index contributed by atoms with van der Waals surface area (Å²) in [6.45, 7) is 17.3. The van der Waals surface area contributed by atoms with E-state index in [0.717, 1.165) is 62.6 Å². The van der Waals surface area contributed by atoms with Gasteiger partial charge in [-0.15, -0.1) is 0 Å². The summed E-state index contributed by atoms with van der Waals surface area (Å²) < 4.78 is 4.72. The van der Waals surface area contributed by atoms with Crippen molar-refractivity contribution in [3.05, 3.63) is 179 Å². The predicted octanol–water partition coefficient (Wildman–Crippen LogP) is 9.95. The van der Waals surface area contributed by atoms with Crippen LogP contribution in [-0.4, -0.2) is 9.13 Å². The molecule has 0 amide bonds. The molecule has 248 valence electrons. The molecule has 0 atom stereocenters. The minimum Gasteiger partial charge on any atom is -0.310 e.